The molecule has 0 unspecified atom stereocenters. The maximum atomic E-state index is 13.6. The molecule has 0 saturated heterocycles. The van der Waals surface area contributed by atoms with Crippen LogP contribution >= 0.6 is 0 Å². The van der Waals surface area contributed by atoms with Crippen LogP contribution in [0, 0.1) is 11.7 Å². The fourth-order valence-electron chi connectivity index (χ4n) is 4.33. The van der Waals surface area contributed by atoms with Crippen LogP contribution in [0.15, 0.2) is 45.8 Å². The number of benzene rings is 2. The zero-order chi connectivity index (χ0) is 24.0. The van der Waals surface area contributed by atoms with Crippen molar-refractivity contribution in [2.75, 3.05) is 23.8 Å². The Hall–Kier alpha value is -2.91. The summed E-state index contributed by atoms with van der Waals surface area (Å²) in [5, 5.41) is 0.819. The van der Waals surface area contributed by atoms with E-state index in [0.29, 0.717) is 46.8 Å². The van der Waals surface area contributed by atoms with Gasteiger partial charge in [0.25, 0.3) is 0 Å². The molecule has 2 aliphatic rings. The lowest BCUT2D eigenvalue weighted by molar-refractivity contribution is 0.115. The van der Waals surface area contributed by atoms with Crippen molar-refractivity contribution in [3.05, 3.63) is 53.3 Å². The number of fused-ring (bicyclic) bond motifs is 1. The molecule has 1 N–H and O–H groups in total. The number of rotatable bonds is 8. The monoisotopic (exact) mass is 485 g/mol. The Morgan fingerprint density at radius 2 is 1.94 bits per heavy atom. The summed E-state index contributed by atoms with van der Waals surface area (Å²) in [6.45, 7) is 4.74. The Kier molecular flexibility index (Phi) is 5.85. The fraction of sp³-hybridized carbons (Fsp3) is 0.400. The fourth-order valence-corrected chi connectivity index (χ4v) is 5.28. The van der Waals surface area contributed by atoms with E-state index >= 15 is 0 Å². The van der Waals surface area contributed by atoms with E-state index in [0.717, 1.165) is 35.8 Å². The van der Waals surface area contributed by atoms with E-state index in [2.05, 4.69) is 24.3 Å². The molecule has 5 rings (SSSR count). The zero-order valence-electron chi connectivity index (χ0n) is 19.5. The number of sulfonamides is 1. The minimum absolute atomic E-state index is 0.176. The third-order valence-electron chi connectivity index (χ3n) is 6.23. The van der Waals surface area contributed by atoms with Crippen LogP contribution in [0.1, 0.15) is 50.2 Å². The van der Waals surface area contributed by atoms with Crippen molar-refractivity contribution in [3.8, 4) is 11.3 Å². The van der Waals surface area contributed by atoms with Gasteiger partial charge in [0.05, 0.1) is 17.5 Å². The topological polar surface area (TPSA) is 84.1 Å². The van der Waals surface area contributed by atoms with Crippen LogP contribution in [0.4, 0.5) is 10.1 Å². The van der Waals surface area contributed by atoms with Crippen molar-refractivity contribution in [2.24, 2.45) is 10.9 Å². The summed E-state index contributed by atoms with van der Waals surface area (Å²) in [6.07, 6.45) is 4.03. The Morgan fingerprint density at radius 1 is 1.21 bits per heavy atom. The van der Waals surface area contributed by atoms with E-state index in [1.54, 1.807) is 12.1 Å². The van der Waals surface area contributed by atoms with Crippen molar-refractivity contribution >= 4 is 32.5 Å². The zero-order valence-corrected chi connectivity index (χ0v) is 20.3. The first-order chi connectivity index (χ1) is 16.2. The summed E-state index contributed by atoms with van der Waals surface area (Å²) in [4.78, 5) is 9.66. The number of nitrogens with one attached hydrogen (secondary N) is 1. The van der Waals surface area contributed by atoms with Gasteiger partial charge in [-0.2, -0.15) is 0 Å². The number of anilines is 1. The quantitative estimate of drug-likeness (QED) is 0.476. The highest BCUT2D eigenvalue weighted by atomic mass is 32.2. The van der Waals surface area contributed by atoms with Crippen molar-refractivity contribution in [2.45, 2.75) is 39.0 Å². The number of hydrogen-bond acceptors (Lipinski definition) is 6. The Morgan fingerprint density at radius 3 is 2.53 bits per heavy atom. The Labute approximate surface area is 198 Å². The molecule has 0 atom stereocenters. The van der Waals surface area contributed by atoms with Gasteiger partial charge < -0.3 is 4.42 Å². The first kappa shape index (κ1) is 22.9. The maximum absolute atomic E-state index is 13.6. The summed E-state index contributed by atoms with van der Waals surface area (Å²) >= 11 is 0. The van der Waals surface area contributed by atoms with Crippen LogP contribution in [0.5, 0.6) is 0 Å². The number of halogens is 1. The summed E-state index contributed by atoms with van der Waals surface area (Å²) in [6, 6.07) is 9.93. The largest absolute Gasteiger partial charge is 0.455 e. The minimum Gasteiger partial charge on any atom is -0.455 e. The van der Waals surface area contributed by atoms with Crippen LogP contribution in [0.3, 0.4) is 0 Å². The SMILES string of the molecule is CC(C)CCN(c1cc2oc(-c3ccc(F)cc3)c(C3=NCON3)c2cc1C1CC1)S(C)(=O)=O. The molecule has 1 aromatic heterocycles. The maximum Gasteiger partial charge on any atom is 0.232 e. The molecule has 0 bridgehead atoms. The first-order valence-electron chi connectivity index (χ1n) is 11.5. The predicted molar refractivity (Wildman–Crippen MR) is 131 cm³/mol. The lowest BCUT2D eigenvalue weighted by atomic mass is 10.00. The third kappa shape index (κ3) is 4.42. The van der Waals surface area contributed by atoms with Gasteiger partial charge >= 0.3 is 0 Å². The van der Waals surface area contributed by atoms with E-state index in [9.17, 15) is 12.8 Å². The summed E-state index contributed by atoms with van der Waals surface area (Å²) in [7, 11) is -3.49. The molecule has 3 aromatic rings. The molecule has 180 valence electrons. The average Bonchev–Trinajstić information content (AvgIpc) is 3.34. The molecule has 0 amide bonds. The van der Waals surface area contributed by atoms with E-state index in [4.69, 9.17) is 9.25 Å². The number of hydrogen-bond donors (Lipinski definition) is 1. The molecule has 1 fully saturated rings. The minimum atomic E-state index is -3.49. The van der Waals surface area contributed by atoms with Gasteiger partial charge in [-0.1, -0.05) is 13.8 Å². The summed E-state index contributed by atoms with van der Waals surface area (Å²) in [5.74, 6) is 1.39. The average molecular weight is 486 g/mol. The number of furan rings is 1. The van der Waals surface area contributed by atoms with Gasteiger partial charge in [-0.05, 0) is 67.0 Å². The van der Waals surface area contributed by atoms with Gasteiger partial charge in [-0.25, -0.2) is 23.3 Å². The molecule has 1 aliphatic carbocycles. The number of aliphatic imine (C=N–C) groups is 1. The summed E-state index contributed by atoms with van der Waals surface area (Å²) in [5.41, 5.74) is 6.46. The van der Waals surface area contributed by atoms with Gasteiger partial charge in [0, 0.05) is 23.6 Å². The summed E-state index contributed by atoms with van der Waals surface area (Å²) < 4.78 is 47.0. The lowest BCUT2D eigenvalue weighted by Crippen LogP contribution is -2.32. The van der Waals surface area contributed by atoms with Crippen molar-refractivity contribution < 1.29 is 22.1 Å². The van der Waals surface area contributed by atoms with Gasteiger partial charge in [0.1, 0.15) is 17.2 Å². The second-order valence-electron chi connectivity index (χ2n) is 9.39. The molecule has 7 nitrogen and oxygen atoms in total. The molecule has 2 aromatic carbocycles. The van der Waals surface area contributed by atoms with Crippen LogP contribution in [-0.2, 0) is 14.9 Å². The highest BCUT2D eigenvalue weighted by Crippen LogP contribution is 2.48. The van der Waals surface area contributed by atoms with Gasteiger partial charge in [-0.15, -0.1) is 0 Å². The molecule has 1 saturated carbocycles. The number of hydroxylamine groups is 1. The first-order valence-corrected chi connectivity index (χ1v) is 13.3. The molecule has 0 spiro atoms. The number of amidine groups is 1. The standard InChI is InChI=1S/C25H28FN3O4S/c1-15(2)10-11-29(34(3,30)31)21-13-22-20(12-19(21)16-4-5-16)23(25-27-14-32-28-25)24(33-22)17-6-8-18(26)9-7-17/h6-9,12-13,15-16H,4-5,10-11,14H2,1-3H3,(H,27,28). The van der Waals surface area contributed by atoms with E-state index in [-0.39, 0.29) is 12.5 Å². The van der Waals surface area contributed by atoms with Crippen LogP contribution in [-0.4, -0.2) is 33.8 Å². The Balaban J connectivity index is 1.73. The van der Waals surface area contributed by atoms with Crippen LogP contribution < -0.4 is 9.79 Å². The third-order valence-corrected chi connectivity index (χ3v) is 7.41. The lowest BCUT2D eigenvalue weighted by Gasteiger charge is -2.26. The van der Waals surface area contributed by atoms with Crippen molar-refractivity contribution in [3.63, 3.8) is 0 Å². The van der Waals surface area contributed by atoms with E-state index in [1.807, 2.05) is 12.1 Å². The molecular weight excluding hydrogens is 457 g/mol. The second-order valence-corrected chi connectivity index (χ2v) is 11.3. The number of nitrogens with zero attached hydrogens (tertiary/aromatic N) is 2. The van der Waals surface area contributed by atoms with Crippen molar-refractivity contribution in [1.29, 1.82) is 0 Å². The highest BCUT2D eigenvalue weighted by molar-refractivity contribution is 7.92. The van der Waals surface area contributed by atoms with Gasteiger partial charge in [-0.3, -0.25) is 9.14 Å². The predicted octanol–water partition coefficient (Wildman–Crippen LogP) is 5.17. The second kappa shape index (κ2) is 8.70. The highest BCUT2D eigenvalue weighted by Gasteiger charge is 2.33. The molecular formula is C25H28FN3O4S. The molecule has 1 aliphatic heterocycles. The van der Waals surface area contributed by atoms with Crippen LogP contribution in [0.2, 0.25) is 0 Å². The van der Waals surface area contributed by atoms with E-state index in [1.165, 1.54) is 22.7 Å². The van der Waals surface area contributed by atoms with E-state index < -0.39 is 10.0 Å². The molecule has 0 radical (unpaired) electrons. The smallest absolute Gasteiger partial charge is 0.232 e. The molecule has 34 heavy (non-hydrogen) atoms. The normalized spacial score (nSPS) is 16.2. The van der Waals surface area contributed by atoms with Gasteiger partial charge in [0.2, 0.25) is 10.0 Å². The van der Waals surface area contributed by atoms with Crippen LogP contribution in [0.25, 0.3) is 22.3 Å². The Bertz CT molecular complexity index is 1360. The van der Waals surface area contributed by atoms with Crippen molar-refractivity contribution in [1.82, 2.24) is 5.48 Å². The van der Waals surface area contributed by atoms with Gasteiger partial charge in [0.15, 0.2) is 12.6 Å². The molecule has 9 heteroatoms. The molecule has 2 heterocycles.